The van der Waals surface area contributed by atoms with E-state index < -0.39 is 52.7 Å². The second-order valence-electron chi connectivity index (χ2n) is 18.1. The number of fused-ring (bicyclic) bond motifs is 6. The molecule has 0 bridgehead atoms. The van der Waals surface area contributed by atoms with Crippen LogP contribution in [0.1, 0.15) is 129 Å². The zero-order valence-electron chi connectivity index (χ0n) is 34.7. The first-order valence-electron chi connectivity index (χ1n) is 21.5. The summed E-state index contributed by atoms with van der Waals surface area (Å²) in [5.74, 6) is -4.03. The fraction of sp³-hybridized carbons (Fsp3) is 0.689. The van der Waals surface area contributed by atoms with Crippen LogP contribution in [0.25, 0.3) is 0 Å². The lowest BCUT2D eigenvalue weighted by molar-refractivity contribution is -0.152. The van der Waals surface area contributed by atoms with Gasteiger partial charge in [-0.05, 0) is 90.9 Å². The largest absolute Gasteiger partial charge is 0.481 e. The Morgan fingerprint density at radius 1 is 0.729 bits per heavy atom. The molecular weight excluding hydrogens is 760 g/mol. The van der Waals surface area contributed by atoms with Crippen molar-refractivity contribution in [1.82, 2.24) is 10.6 Å². The Morgan fingerprint density at radius 3 is 1.64 bits per heavy atom. The number of nitrogens with one attached hydrogen (secondary N) is 2. The highest BCUT2D eigenvalue weighted by Gasteiger charge is 2.62. The van der Waals surface area contributed by atoms with Gasteiger partial charge in [-0.3, -0.25) is 19.2 Å². The highest BCUT2D eigenvalue weighted by molar-refractivity contribution is 5.91. The summed E-state index contributed by atoms with van der Waals surface area (Å²) in [6, 6.07) is 0. The van der Waals surface area contributed by atoms with Gasteiger partial charge in [-0.1, -0.05) is 55.7 Å². The summed E-state index contributed by atoms with van der Waals surface area (Å²) in [6.45, 7) is 13.0. The molecule has 14 heteroatoms. The van der Waals surface area contributed by atoms with E-state index in [2.05, 4.69) is 35.9 Å². The smallest absolute Gasteiger partial charge is 0.334 e. The number of amides is 2. The van der Waals surface area contributed by atoms with E-state index >= 15 is 0 Å². The second kappa shape index (κ2) is 18.5. The van der Waals surface area contributed by atoms with Gasteiger partial charge in [0.2, 0.25) is 11.8 Å². The van der Waals surface area contributed by atoms with E-state index in [0.29, 0.717) is 82.0 Å². The number of carbonyl (C=O) groups is 6. The number of unbranched alkanes of at least 4 members (excludes halogenated alkanes) is 4. The molecule has 0 saturated carbocycles. The van der Waals surface area contributed by atoms with Crippen LogP contribution < -0.4 is 10.6 Å². The summed E-state index contributed by atoms with van der Waals surface area (Å²) in [4.78, 5) is 75.3. The number of rotatable bonds is 18. The Hall–Kier alpha value is -4.30. The Kier molecular flexibility index (Phi) is 13.9. The minimum Gasteiger partial charge on any atom is -0.481 e. The molecule has 4 saturated heterocycles. The van der Waals surface area contributed by atoms with Crippen LogP contribution in [-0.2, 0) is 47.7 Å². The number of carbonyl (C=O) groups excluding carboxylic acids is 4. The minimum atomic E-state index is -1.48. The number of esters is 2. The standard InChI is InChI=1S/C45H62N2O12/c1-27-31-16-14-29(12-10-20-43(3)38(58-43)36(31)56-40(27)52)24-45(42(54)55,26-34(49)47-23-9-7-5-6-8-22-46-33(48)18-19-35(50)51)25-30-13-11-21-44(4)39(59-44)37-32(17-15-30)28(2)41(53)57-37/h12-13,31-32,36-39H,1-2,5-11,14-26H2,3-4H3,(H,46,48)(H,47,49)(H,50,51)(H,54,55)/b29-12+,30-13+/t31-,32-,36-,37-,38-,39-,43+,44+/m0/s1. The van der Waals surface area contributed by atoms with Crippen LogP contribution in [-0.4, -0.2) is 94.6 Å². The maximum absolute atomic E-state index is 13.8. The van der Waals surface area contributed by atoms with E-state index in [-0.39, 0.29) is 68.0 Å². The van der Waals surface area contributed by atoms with Crippen molar-refractivity contribution in [2.45, 2.75) is 165 Å². The van der Waals surface area contributed by atoms with Crippen LogP contribution in [0.4, 0.5) is 0 Å². The number of ether oxygens (including phenoxy) is 4. The Labute approximate surface area is 346 Å². The molecule has 0 aromatic heterocycles. The van der Waals surface area contributed by atoms with Gasteiger partial charge in [-0.15, -0.1) is 0 Å². The second-order valence-corrected chi connectivity index (χ2v) is 18.1. The molecule has 4 N–H and O–H groups in total. The van der Waals surface area contributed by atoms with Gasteiger partial charge >= 0.3 is 23.9 Å². The van der Waals surface area contributed by atoms with Gasteiger partial charge in [-0.25, -0.2) is 9.59 Å². The summed E-state index contributed by atoms with van der Waals surface area (Å²) in [5, 5.41) is 25.7. The first-order chi connectivity index (χ1) is 28.0. The van der Waals surface area contributed by atoms with Crippen molar-refractivity contribution >= 4 is 35.7 Å². The molecule has 59 heavy (non-hydrogen) atoms. The Balaban J connectivity index is 1.13. The maximum atomic E-state index is 13.8. The quantitative estimate of drug-likeness (QED) is 0.0426. The van der Waals surface area contributed by atoms with Gasteiger partial charge in [0.1, 0.15) is 24.4 Å². The van der Waals surface area contributed by atoms with E-state index in [9.17, 15) is 33.9 Å². The normalized spacial score (nSPS) is 34.1. The predicted molar refractivity (Wildman–Crippen MR) is 215 cm³/mol. The molecule has 0 unspecified atom stereocenters. The molecule has 14 nitrogen and oxygen atoms in total. The average molecular weight is 823 g/mol. The van der Waals surface area contributed by atoms with Gasteiger partial charge in [0, 0.05) is 48.9 Å². The lowest BCUT2D eigenvalue weighted by Gasteiger charge is -2.33. The molecule has 0 spiro atoms. The first-order valence-corrected chi connectivity index (χ1v) is 21.5. The third-order valence-electron chi connectivity index (χ3n) is 13.5. The SMILES string of the molecule is C=C1C(=O)O[C@H]2[C@H]1CC/C(CC(CC(=O)NCCCCCCCNC(=O)CCC(=O)O)(C/C1=C/CC[C@@]3(C)O[C@H]3[C@H]3OC(=O)C(=C)[C@@H]3CC1)C(=O)O)=C\CC[C@@]1(C)O[C@@H]21. The van der Waals surface area contributed by atoms with Crippen LogP contribution in [0.5, 0.6) is 0 Å². The number of carboxylic acid groups (broad SMARTS) is 2. The molecule has 2 aliphatic carbocycles. The van der Waals surface area contributed by atoms with Gasteiger partial charge < -0.3 is 39.8 Å². The summed E-state index contributed by atoms with van der Waals surface area (Å²) in [6.07, 6.45) is 11.6. The van der Waals surface area contributed by atoms with Crippen LogP contribution >= 0.6 is 0 Å². The van der Waals surface area contributed by atoms with E-state index in [4.69, 9.17) is 24.1 Å². The van der Waals surface area contributed by atoms with E-state index in [0.717, 1.165) is 36.8 Å². The molecular formula is C45H62N2O12. The van der Waals surface area contributed by atoms with E-state index in [1.807, 2.05) is 13.8 Å². The van der Waals surface area contributed by atoms with Gasteiger partial charge in [-0.2, -0.15) is 0 Å². The van der Waals surface area contributed by atoms with Crippen LogP contribution in [0, 0.1) is 17.3 Å². The molecule has 4 heterocycles. The average Bonchev–Trinajstić information content (AvgIpc) is 3.99. The summed E-state index contributed by atoms with van der Waals surface area (Å²) < 4.78 is 23.7. The van der Waals surface area contributed by atoms with Gasteiger partial charge in [0.15, 0.2) is 0 Å². The molecule has 8 atom stereocenters. The first kappa shape index (κ1) is 44.3. The fourth-order valence-corrected chi connectivity index (χ4v) is 9.76. The molecule has 2 amide bonds. The number of carboxylic acids is 2. The molecule has 6 rings (SSSR count). The predicted octanol–water partition coefficient (Wildman–Crippen LogP) is 5.79. The lowest BCUT2D eigenvalue weighted by Crippen LogP contribution is -2.39. The zero-order valence-corrected chi connectivity index (χ0v) is 34.7. The Bertz CT molecular complexity index is 1680. The molecule has 0 radical (unpaired) electrons. The molecule has 4 fully saturated rings. The highest BCUT2D eigenvalue weighted by atomic mass is 16.7. The van der Waals surface area contributed by atoms with Crippen molar-refractivity contribution in [3.63, 3.8) is 0 Å². The van der Waals surface area contributed by atoms with Crippen LogP contribution in [0.3, 0.4) is 0 Å². The molecule has 6 aliphatic rings. The van der Waals surface area contributed by atoms with Crippen molar-refractivity contribution < 1.29 is 57.9 Å². The molecule has 4 aliphatic heterocycles. The van der Waals surface area contributed by atoms with Crippen molar-refractivity contribution in [3.8, 4) is 0 Å². The number of hydrogen-bond donors (Lipinski definition) is 4. The van der Waals surface area contributed by atoms with Crippen LogP contribution in [0.15, 0.2) is 47.6 Å². The Morgan fingerprint density at radius 2 is 1.19 bits per heavy atom. The van der Waals surface area contributed by atoms with E-state index in [1.165, 1.54) is 0 Å². The summed E-state index contributed by atoms with van der Waals surface area (Å²) in [5.41, 5.74) is 0.262. The summed E-state index contributed by atoms with van der Waals surface area (Å²) in [7, 11) is 0. The van der Waals surface area contributed by atoms with Gasteiger partial charge in [0.05, 0.1) is 23.0 Å². The summed E-state index contributed by atoms with van der Waals surface area (Å²) >= 11 is 0. The van der Waals surface area contributed by atoms with Crippen molar-refractivity contribution in [3.05, 3.63) is 47.6 Å². The minimum absolute atomic E-state index is 0.0404. The molecule has 0 aromatic rings. The lowest BCUT2D eigenvalue weighted by atomic mass is 9.70. The maximum Gasteiger partial charge on any atom is 0.334 e. The van der Waals surface area contributed by atoms with Gasteiger partial charge in [0.25, 0.3) is 0 Å². The topological polar surface area (TPSA) is 210 Å². The highest BCUT2D eigenvalue weighted by Crippen LogP contribution is 2.52. The van der Waals surface area contributed by atoms with Crippen molar-refractivity contribution in [2.24, 2.45) is 17.3 Å². The number of aliphatic carboxylic acids is 2. The number of hydrogen-bond acceptors (Lipinski definition) is 10. The number of allylic oxidation sites excluding steroid dienone is 4. The fourth-order valence-electron chi connectivity index (χ4n) is 9.76. The van der Waals surface area contributed by atoms with E-state index in [1.54, 1.807) is 0 Å². The monoisotopic (exact) mass is 822 g/mol. The third-order valence-corrected chi connectivity index (χ3v) is 13.5. The molecule has 0 aromatic carbocycles. The number of epoxide rings is 2. The van der Waals surface area contributed by atoms with Crippen molar-refractivity contribution in [2.75, 3.05) is 13.1 Å². The zero-order chi connectivity index (χ0) is 42.5. The van der Waals surface area contributed by atoms with Crippen molar-refractivity contribution in [1.29, 1.82) is 0 Å². The molecule has 324 valence electrons. The third kappa shape index (κ3) is 10.7. The van der Waals surface area contributed by atoms with Crippen LogP contribution in [0.2, 0.25) is 0 Å².